The van der Waals surface area contributed by atoms with E-state index in [1.807, 2.05) is 13.8 Å². The van der Waals surface area contributed by atoms with Gasteiger partial charge in [-0.1, -0.05) is 13.8 Å². The van der Waals surface area contributed by atoms with Crippen LogP contribution in [0.1, 0.15) is 30.6 Å². The maximum absolute atomic E-state index is 11.7. The lowest BCUT2D eigenvalue weighted by Gasteiger charge is -2.05. The number of ketones is 1. The fourth-order valence-electron chi connectivity index (χ4n) is 1.09. The predicted octanol–water partition coefficient (Wildman–Crippen LogP) is 1.23. The van der Waals surface area contributed by atoms with Crippen molar-refractivity contribution in [2.45, 2.75) is 20.3 Å². The Balaban J connectivity index is 2.95. The molecule has 72 valence electrons. The molecule has 0 aromatic carbocycles. The van der Waals surface area contributed by atoms with E-state index in [1.165, 1.54) is 10.9 Å². The van der Waals surface area contributed by atoms with Gasteiger partial charge in [-0.2, -0.15) is 5.10 Å². The molecule has 0 amide bonds. The van der Waals surface area contributed by atoms with Gasteiger partial charge < -0.3 is 5.73 Å². The van der Waals surface area contributed by atoms with Crippen LogP contribution in [-0.4, -0.2) is 15.6 Å². The number of hydrogen-bond donors (Lipinski definition) is 1. The standard InChI is InChI=1S/C9H15N3O/c1-4-6(2)8(13)7-5-11-12(3)9(7)10/h5-6H,4,10H2,1-3H3. The summed E-state index contributed by atoms with van der Waals surface area (Å²) in [5.41, 5.74) is 6.21. The first-order valence-electron chi connectivity index (χ1n) is 4.39. The number of anilines is 1. The summed E-state index contributed by atoms with van der Waals surface area (Å²) in [4.78, 5) is 11.7. The summed E-state index contributed by atoms with van der Waals surface area (Å²) in [6.07, 6.45) is 2.36. The molecule has 0 aliphatic heterocycles. The van der Waals surface area contributed by atoms with Crippen LogP contribution >= 0.6 is 0 Å². The first-order chi connectivity index (χ1) is 6.07. The number of nitrogen functional groups attached to an aromatic ring is 1. The van der Waals surface area contributed by atoms with E-state index in [0.717, 1.165) is 6.42 Å². The average molecular weight is 181 g/mol. The van der Waals surface area contributed by atoms with E-state index in [1.54, 1.807) is 7.05 Å². The molecule has 4 heteroatoms. The molecular weight excluding hydrogens is 166 g/mol. The van der Waals surface area contributed by atoms with E-state index in [9.17, 15) is 4.79 Å². The Bertz CT molecular complexity index is 317. The second-order valence-corrected chi connectivity index (χ2v) is 3.24. The number of nitrogens with zero attached hydrogens (tertiary/aromatic N) is 2. The van der Waals surface area contributed by atoms with Crippen molar-refractivity contribution in [2.75, 3.05) is 5.73 Å². The van der Waals surface area contributed by atoms with Crippen LogP contribution in [0, 0.1) is 5.92 Å². The Morgan fingerprint density at radius 3 is 2.77 bits per heavy atom. The number of aryl methyl sites for hydroxylation is 1. The SMILES string of the molecule is CCC(C)C(=O)c1cnn(C)c1N. The smallest absolute Gasteiger partial charge is 0.170 e. The van der Waals surface area contributed by atoms with E-state index in [2.05, 4.69) is 5.10 Å². The molecule has 1 heterocycles. The van der Waals surface area contributed by atoms with Gasteiger partial charge in [-0.05, 0) is 6.42 Å². The zero-order valence-electron chi connectivity index (χ0n) is 8.24. The summed E-state index contributed by atoms with van der Waals surface area (Å²) in [5.74, 6) is 0.546. The molecule has 1 unspecified atom stereocenters. The number of carbonyl (C=O) groups is 1. The van der Waals surface area contributed by atoms with Crippen LogP contribution in [0.2, 0.25) is 0 Å². The third-order valence-corrected chi connectivity index (χ3v) is 2.31. The Morgan fingerprint density at radius 1 is 1.77 bits per heavy atom. The zero-order chi connectivity index (χ0) is 10.0. The molecule has 0 fully saturated rings. The molecule has 0 saturated carbocycles. The fraction of sp³-hybridized carbons (Fsp3) is 0.556. The second-order valence-electron chi connectivity index (χ2n) is 3.24. The van der Waals surface area contributed by atoms with Gasteiger partial charge in [-0.15, -0.1) is 0 Å². The van der Waals surface area contributed by atoms with Crippen LogP contribution < -0.4 is 5.73 Å². The molecule has 1 aromatic heterocycles. The van der Waals surface area contributed by atoms with Gasteiger partial charge >= 0.3 is 0 Å². The minimum Gasteiger partial charge on any atom is -0.383 e. The van der Waals surface area contributed by atoms with Crippen molar-refractivity contribution in [2.24, 2.45) is 13.0 Å². The van der Waals surface area contributed by atoms with E-state index in [-0.39, 0.29) is 11.7 Å². The predicted molar refractivity (Wildman–Crippen MR) is 51.4 cm³/mol. The summed E-state index contributed by atoms with van der Waals surface area (Å²) in [6, 6.07) is 0. The molecule has 0 aliphatic rings. The van der Waals surface area contributed by atoms with Crippen LogP contribution in [0.5, 0.6) is 0 Å². The van der Waals surface area contributed by atoms with Gasteiger partial charge in [-0.3, -0.25) is 9.48 Å². The van der Waals surface area contributed by atoms with E-state index >= 15 is 0 Å². The maximum Gasteiger partial charge on any atom is 0.170 e. The zero-order valence-corrected chi connectivity index (χ0v) is 8.24. The monoisotopic (exact) mass is 181 g/mol. The number of Topliss-reactive ketones (excluding diaryl/α,β-unsaturated/α-hetero) is 1. The lowest BCUT2D eigenvalue weighted by atomic mass is 9.99. The van der Waals surface area contributed by atoms with Crippen LogP contribution in [0.25, 0.3) is 0 Å². The first-order valence-corrected chi connectivity index (χ1v) is 4.39. The summed E-state index contributed by atoms with van der Waals surface area (Å²) >= 11 is 0. The van der Waals surface area contributed by atoms with Gasteiger partial charge in [-0.25, -0.2) is 0 Å². The van der Waals surface area contributed by atoms with E-state index < -0.39 is 0 Å². The van der Waals surface area contributed by atoms with E-state index in [4.69, 9.17) is 5.73 Å². The number of nitrogens with two attached hydrogens (primary N) is 1. The Hall–Kier alpha value is -1.32. The van der Waals surface area contributed by atoms with Crippen molar-refractivity contribution in [3.05, 3.63) is 11.8 Å². The average Bonchev–Trinajstić information content (AvgIpc) is 2.45. The lowest BCUT2D eigenvalue weighted by molar-refractivity contribution is 0.0928. The number of rotatable bonds is 3. The van der Waals surface area contributed by atoms with Crippen LogP contribution in [-0.2, 0) is 7.05 Å². The topological polar surface area (TPSA) is 60.9 Å². The molecule has 0 spiro atoms. The van der Waals surface area contributed by atoms with Crippen molar-refractivity contribution in [1.82, 2.24) is 9.78 Å². The molecule has 4 nitrogen and oxygen atoms in total. The highest BCUT2D eigenvalue weighted by Crippen LogP contribution is 2.16. The van der Waals surface area contributed by atoms with Crippen molar-refractivity contribution in [3.8, 4) is 0 Å². The molecule has 1 atom stereocenters. The summed E-state index contributed by atoms with van der Waals surface area (Å²) in [6.45, 7) is 3.88. The Morgan fingerprint density at radius 2 is 2.38 bits per heavy atom. The summed E-state index contributed by atoms with van der Waals surface area (Å²) in [7, 11) is 1.72. The van der Waals surface area contributed by atoms with Crippen LogP contribution in [0.4, 0.5) is 5.82 Å². The quantitative estimate of drug-likeness (QED) is 0.713. The molecule has 0 radical (unpaired) electrons. The van der Waals surface area contributed by atoms with Gasteiger partial charge in [0, 0.05) is 13.0 Å². The second kappa shape index (κ2) is 3.60. The molecule has 0 bridgehead atoms. The first kappa shape index (κ1) is 9.77. The molecule has 0 aliphatic carbocycles. The third-order valence-electron chi connectivity index (χ3n) is 2.31. The highest BCUT2D eigenvalue weighted by atomic mass is 16.1. The Labute approximate surface area is 77.7 Å². The molecule has 1 aromatic rings. The van der Waals surface area contributed by atoms with Crippen LogP contribution in [0.3, 0.4) is 0 Å². The normalized spacial score (nSPS) is 12.8. The summed E-state index contributed by atoms with van der Waals surface area (Å²) < 4.78 is 1.51. The molecule has 2 N–H and O–H groups in total. The minimum atomic E-state index is 0.0199. The van der Waals surface area contributed by atoms with Gasteiger partial charge in [0.15, 0.2) is 5.78 Å². The highest BCUT2D eigenvalue weighted by molar-refractivity contribution is 6.01. The fourth-order valence-corrected chi connectivity index (χ4v) is 1.09. The molecular formula is C9H15N3O. The third kappa shape index (κ3) is 1.71. The van der Waals surface area contributed by atoms with Crippen molar-refractivity contribution < 1.29 is 4.79 Å². The van der Waals surface area contributed by atoms with Gasteiger partial charge in [0.25, 0.3) is 0 Å². The van der Waals surface area contributed by atoms with Gasteiger partial charge in [0.2, 0.25) is 0 Å². The van der Waals surface area contributed by atoms with Crippen LogP contribution in [0.15, 0.2) is 6.20 Å². The van der Waals surface area contributed by atoms with Crippen molar-refractivity contribution in [3.63, 3.8) is 0 Å². The van der Waals surface area contributed by atoms with Crippen molar-refractivity contribution >= 4 is 11.6 Å². The van der Waals surface area contributed by atoms with Gasteiger partial charge in [0.1, 0.15) is 5.82 Å². The molecule has 13 heavy (non-hydrogen) atoms. The van der Waals surface area contributed by atoms with Crippen molar-refractivity contribution in [1.29, 1.82) is 0 Å². The number of hydrogen-bond acceptors (Lipinski definition) is 3. The molecule has 0 saturated heterocycles. The maximum atomic E-state index is 11.7. The highest BCUT2D eigenvalue weighted by Gasteiger charge is 2.18. The summed E-state index contributed by atoms with van der Waals surface area (Å²) in [5, 5.41) is 3.92. The lowest BCUT2D eigenvalue weighted by Crippen LogP contribution is -2.12. The largest absolute Gasteiger partial charge is 0.383 e. The number of carbonyl (C=O) groups excluding carboxylic acids is 1. The van der Waals surface area contributed by atoms with Gasteiger partial charge in [0.05, 0.1) is 11.8 Å². The minimum absolute atomic E-state index is 0.0199. The molecule has 1 rings (SSSR count). The van der Waals surface area contributed by atoms with E-state index in [0.29, 0.717) is 11.4 Å². The number of aromatic nitrogens is 2. The Kier molecular flexibility index (Phi) is 2.70.